The van der Waals surface area contributed by atoms with E-state index in [1.165, 1.54) is 48.8 Å². The first-order valence-corrected chi connectivity index (χ1v) is 15.9. The van der Waals surface area contributed by atoms with Gasteiger partial charge in [0.15, 0.2) is 5.17 Å². The lowest BCUT2D eigenvalue weighted by Crippen LogP contribution is -2.29. The minimum absolute atomic E-state index is 0.0344. The highest BCUT2D eigenvalue weighted by atomic mass is 127. The monoisotopic (exact) mass is 767 g/mol. The highest BCUT2D eigenvalue weighted by molar-refractivity contribution is 14.1. The number of aliphatic imine (C=N–C) groups is 1. The fourth-order valence-electron chi connectivity index (χ4n) is 4.56. The second kappa shape index (κ2) is 13.0. The summed E-state index contributed by atoms with van der Waals surface area (Å²) in [6, 6.07) is 18.6. The molecule has 2 saturated heterocycles. The Morgan fingerprint density at radius 2 is 1.67 bits per heavy atom. The first kappa shape index (κ1) is 28.4. The largest absolute Gasteiger partial charge is 0.487 e. The zero-order valence-electron chi connectivity index (χ0n) is 21.5. The average Bonchev–Trinajstić information content (AvgIpc) is 3.23. The van der Waals surface area contributed by atoms with Crippen molar-refractivity contribution in [1.82, 2.24) is 4.90 Å². The summed E-state index contributed by atoms with van der Waals surface area (Å²) in [6.45, 7) is 5.09. The Balaban J connectivity index is 1.31. The van der Waals surface area contributed by atoms with E-state index in [1.807, 2.05) is 37.3 Å². The summed E-state index contributed by atoms with van der Waals surface area (Å²) in [5.74, 6) is 0.478. The van der Waals surface area contributed by atoms with Crippen molar-refractivity contribution < 1.29 is 13.9 Å². The number of hydrogen-bond donors (Lipinski definition) is 0. The maximum absolute atomic E-state index is 13.2. The molecule has 3 aromatic rings. The summed E-state index contributed by atoms with van der Waals surface area (Å²) in [6.07, 6.45) is 5.72. The molecule has 2 fully saturated rings. The number of amidine groups is 1. The van der Waals surface area contributed by atoms with Gasteiger partial charge in [-0.2, -0.15) is 0 Å². The molecule has 0 saturated carbocycles. The molecule has 0 spiro atoms. The third-order valence-electron chi connectivity index (χ3n) is 6.61. The molecule has 3 aromatic carbocycles. The minimum atomic E-state index is -0.264. The number of ether oxygens (including phenoxy) is 1. The average molecular weight is 767 g/mol. The molecule has 1 amide bonds. The molecular weight excluding hydrogens is 739 g/mol. The summed E-state index contributed by atoms with van der Waals surface area (Å²) in [5.41, 5.74) is 3.90. The smallest absolute Gasteiger partial charge is 0.266 e. The van der Waals surface area contributed by atoms with Gasteiger partial charge in [-0.25, -0.2) is 9.38 Å². The van der Waals surface area contributed by atoms with Crippen LogP contribution in [-0.2, 0) is 11.4 Å². The minimum Gasteiger partial charge on any atom is -0.487 e. The number of amides is 1. The van der Waals surface area contributed by atoms with Crippen LogP contribution in [0, 0.1) is 13.0 Å². The molecule has 0 bridgehead atoms. The van der Waals surface area contributed by atoms with Gasteiger partial charge in [0.1, 0.15) is 18.2 Å². The van der Waals surface area contributed by atoms with E-state index >= 15 is 0 Å². The molecule has 9 heteroatoms. The molecule has 2 aliphatic heterocycles. The van der Waals surface area contributed by atoms with Gasteiger partial charge < -0.3 is 9.64 Å². The molecule has 0 unspecified atom stereocenters. The number of piperidine rings is 1. The second-order valence-electron chi connectivity index (χ2n) is 9.35. The van der Waals surface area contributed by atoms with Crippen LogP contribution in [0.3, 0.4) is 0 Å². The maximum Gasteiger partial charge on any atom is 0.266 e. The van der Waals surface area contributed by atoms with Crippen molar-refractivity contribution in [3.63, 3.8) is 0 Å². The summed E-state index contributed by atoms with van der Waals surface area (Å²) >= 11 is 5.91. The Labute approximate surface area is 260 Å². The number of carbonyl (C=O) groups is 1. The lowest BCUT2D eigenvalue weighted by atomic mass is 10.1. The molecule has 39 heavy (non-hydrogen) atoms. The lowest BCUT2D eigenvalue weighted by molar-refractivity contribution is -0.122. The summed E-state index contributed by atoms with van der Waals surface area (Å²) in [5, 5.41) is 0.697. The summed E-state index contributed by atoms with van der Waals surface area (Å²) in [7, 11) is 0. The van der Waals surface area contributed by atoms with Crippen LogP contribution in [0.4, 0.5) is 15.8 Å². The van der Waals surface area contributed by atoms with Crippen molar-refractivity contribution >= 4 is 85.5 Å². The van der Waals surface area contributed by atoms with Crippen LogP contribution in [0.25, 0.3) is 6.08 Å². The molecule has 5 rings (SSSR count). The third-order valence-corrected chi connectivity index (χ3v) is 9.22. The number of rotatable bonds is 7. The van der Waals surface area contributed by atoms with Crippen molar-refractivity contribution in [3.8, 4) is 5.75 Å². The molecule has 2 aliphatic rings. The number of anilines is 1. The van der Waals surface area contributed by atoms with Gasteiger partial charge in [-0.05, 0) is 149 Å². The fourth-order valence-corrected chi connectivity index (χ4v) is 7.75. The van der Waals surface area contributed by atoms with Gasteiger partial charge in [0.25, 0.3) is 5.91 Å². The van der Waals surface area contributed by atoms with Gasteiger partial charge >= 0.3 is 0 Å². The van der Waals surface area contributed by atoms with Crippen LogP contribution in [0.1, 0.15) is 37.3 Å². The number of benzene rings is 3. The van der Waals surface area contributed by atoms with Crippen molar-refractivity contribution in [2.24, 2.45) is 4.99 Å². The molecule has 0 aromatic heterocycles. The Morgan fingerprint density at radius 3 is 2.31 bits per heavy atom. The Kier molecular flexibility index (Phi) is 9.49. The molecule has 0 N–H and O–H groups in total. The van der Waals surface area contributed by atoms with E-state index in [4.69, 9.17) is 9.73 Å². The van der Waals surface area contributed by atoms with Crippen LogP contribution < -0.4 is 9.64 Å². The standard InChI is InChI=1S/C30H28FI2N3O2S/c1-2-36-29(37)27(39-30(36)34-23-10-12-24(13-11-23)35-14-4-3-5-15-35)18-21-16-25(32)28(26(33)17-21)38-19-20-6-8-22(31)9-7-20/h6-13,16-18H,2-5,14-15,19H2,1H3/b27-18-,34-30?. The number of nitrogens with zero attached hydrogens (tertiary/aromatic N) is 3. The number of hydrogen-bond acceptors (Lipinski definition) is 5. The SMILES string of the molecule is CCN1C(=O)/C(=C/c2cc(I)c(OCc3ccc(F)cc3)c(I)c2)SC1=Nc1ccc(N2CCCCC2)cc1. The van der Waals surface area contributed by atoms with Gasteiger partial charge in [-0.15, -0.1) is 0 Å². The van der Waals surface area contributed by atoms with E-state index in [1.54, 1.807) is 17.0 Å². The van der Waals surface area contributed by atoms with E-state index in [0.717, 1.165) is 42.8 Å². The van der Waals surface area contributed by atoms with Gasteiger partial charge in [-0.3, -0.25) is 9.69 Å². The predicted octanol–water partition coefficient (Wildman–Crippen LogP) is 8.23. The summed E-state index contributed by atoms with van der Waals surface area (Å²) < 4.78 is 21.1. The number of carbonyl (C=O) groups excluding carboxylic acids is 1. The fraction of sp³-hybridized carbons (Fsp3) is 0.267. The van der Waals surface area contributed by atoms with Crippen LogP contribution in [-0.4, -0.2) is 35.6 Å². The van der Waals surface area contributed by atoms with Crippen LogP contribution in [0.15, 0.2) is 70.6 Å². The molecule has 2 heterocycles. The zero-order valence-corrected chi connectivity index (χ0v) is 26.6. The molecule has 0 aliphatic carbocycles. The van der Waals surface area contributed by atoms with Gasteiger partial charge in [0, 0.05) is 25.3 Å². The maximum atomic E-state index is 13.2. The van der Waals surface area contributed by atoms with Gasteiger partial charge in [-0.1, -0.05) is 12.1 Å². The predicted molar refractivity (Wildman–Crippen MR) is 175 cm³/mol. The Bertz CT molecular complexity index is 1380. The van der Waals surface area contributed by atoms with E-state index in [-0.39, 0.29) is 11.7 Å². The molecule has 202 valence electrons. The van der Waals surface area contributed by atoms with Crippen molar-refractivity contribution in [3.05, 3.63) is 89.7 Å². The van der Waals surface area contributed by atoms with Crippen molar-refractivity contribution in [1.29, 1.82) is 0 Å². The van der Waals surface area contributed by atoms with Crippen LogP contribution in [0.2, 0.25) is 0 Å². The van der Waals surface area contributed by atoms with Crippen molar-refractivity contribution in [2.45, 2.75) is 32.8 Å². The number of likely N-dealkylation sites (N-methyl/N-ethyl adjacent to an activating group) is 1. The quantitative estimate of drug-likeness (QED) is 0.180. The normalized spacial score (nSPS) is 17.9. The first-order valence-electron chi connectivity index (χ1n) is 12.9. The molecular formula is C30H28FI2N3O2S. The number of halogens is 3. The molecule has 0 radical (unpaired) electrons. The first-order chi connectivity index (χ1) is 18.9. The molecule has 5 nitrogen and oxygen atoms in total. The highest BCUT2D eigenvalue weighted by Crippen LogP contribution is 2.36. The third kappa shape index (κ3) is 6.97. The van der Waals surface area contributed by atoms with Gasteiger partial charge in [0.2, 0.25) is 0 Å². The van der Waals surface area contributed by atoms with E-state index in [9.17, 15) is 9.18 Å². The van der Waals surface area contributed by atoms with Crippen LogP contribution in [0.5, 0.6) is 5.75 Å². The van der Waals surface area contributed by atoms with E-state index in [2.05, 4.69) is 62.2 Å². The Hall–Kier alpha value is -2.12. The van der Waals surface area contributed by atoms with E-state index in [0.29, 0.717) is 23.2 Å². The topological polar surface area (TPSA) is 45.1 Å². The lowest BCUT2D eigenvalue weighted by Gasteiger charge is -2.28. The van der Waals surface area contributed by atoms with E-state index < -0.39 is 0 Å². The Morgan fingerprint density at radius 1 is 1.00 bits per heavy atom. The second-order valence-corrected chi connectivity index (χ2v) is 12.7. The van der Waals surface area contributed by atoms with Crippen LogP contribution >= 0.6 is 56.9 Å². The number of thioether (sulfide) groups is 1. The van der Waals surface area contributed by atoms with Crippen molar-refractivity contribution in [2.75, 3.05) is 24.5 Å². The summed E-state index contributed by atoms with van der Waals surface area (Å²) in [4.78, 5) is 22.8. The molecule has 0 atom stereocenters. The highest BCUT2D eigenvalue weighted by Gasteiger charge is 2.32. The van der Waals surface area contributed by atoms with Gasteiger partial charge in [0.05, 0.1) is 17.7 Å². The zero-order chi connectivity index (χ0) is 27.4.